The second-order valence-corrected chi connectivity index (χ2v) is 6.52. The number of thioether (sulfide) groups is 1. The predicted octanol–water partition coefficient (Wildman–Crippen LogP) is 3.80. The van der Waals surface area contributed by atoms with Gasteiger partial charge in [-0.05, 0) is 31.2 Å². The van der Waals surface area contributed by atoms with Crippen LogP contribution in [-0.2, 0) is 4.79 Å². The van der Waals surface area contributed by atoms with E-state index in [-0.39, 0.29) is 11.3 Å². The molecule has 2 aromatic carbocycles. The van der Waals surface area contributed by atoms with E-state index in [1.54, 1.807) is 4.90 Å². The van der Waals surface area contributed by atoms with Gasteiger partial charge in [-0.15, -0.1) is 0 Å². The van der Waals surface area contributed by atoms with Gasteiger partial charge in [-0.1, -0.05) is 59.9 Å². The average molecular weight is 314 g/mol. The third-order valence-electron chi connectivity index (χ3n) is 3.21. The summed E-state index contributed by atoms with van der Waals surface area (Å²) in [5, 5.41) is 2.86. The minimum atomic E-state index is -0.375. The molecule has 1 saturated heterocycles. The van der Waals surface area contributed by atoms with Crippen molar-refractivity contribution in [2.75, 3.05) is 10.2 Å². The molecule has 2 aromatic rings. The highest BCUT2D eigenvalue weighted by Gasteiger charge is 2.37. The summed E-state index contributed by atoms with van der Waals surface area (Å²) < 4.78 is 0.579. The fourth-order valence-corrected chi connectivity index (χ4v) is 3.50. The van der Waals surface area contributed by atoms with Gasteiger partial charge in [0, 0.05) is 5.69 Å². The third kappa shape index (κ3) is 2.94. The van der Waals surface area contributed by atoms with E-state index < -0.39 is 0 Å². The molecule has 0 bridgehead atoms. The standard InChI is InChI=1S/C16H14N2OS2/c1-11-7-9-12(10-8-11)17-14-15(19)18(16(20)21-14)13-5-3-2-4-6-13/h2-10,14,17H,1H3/t14-/m1/s1. The molecule has 1 heterocycles. The van der Waals surface area contributed by atoms with E-state index in [0.29, 0.717) is 4.32 Å². The van der Waals surface area contributed by atoms with E-state index in [9.17, 15) is 4.79 Å². The Morgan fingerprint density at radius 2 is 1.76 bits per heavy atom. The van der Waals surface area contributed by atoms with Gasteiger partial charge in [0.2, 0.25) is 0 Å². The van der Waals surface area contributed by atoms with Gasteiger partial charge >= 0.3 is 0 Å². The van der Waals surface area contributed by atoms with Gasteiger partial charge in [-0.3, -0.25) is 9.69 Å². The fourth-order valence-electron chi connectivity index (χ4n) is 2.11. The molecular weight excluding hydrogens is 300 g/mol. The summed E-state index contributed by atoms with van der Waals surface area (Å²) >= 11 is 6.71. The van der Waals surface area contributed by atoms with Crippen molar-refractivity contribution in [1.82, 2.24) is 0 Å². The number of nitrogens with zero attached hydrogens (tertiary/aromatic N) is 1. The average Bonchev–Trinajstić information content (AvgIpc) is 2.77. The van der Waals surface area contributed by atoms with Gasteiger partial charge in [-0.25, -0.2) is 0 Å². The molecule has 21 heavy (non-hydrogen) atoms. The van der Waals surface area contributed by atoms with Crippen LogP contribution in [0.2, 0.25) is 0 Å². The fraction of sp³-hybridized carbons (Fsp3) is 0.125. The molecule has 3 nitrogen and oxygen atoms in total. The molecule has 106 valence electrons. The Hall–Kier alpha value is -1.85. The van der Waals surface area contributed by atoms with Gasteiger partial charge in [-0.2, -0.15) is 0 Å². The smallest absolute Gasteiger partial charge is 0.266 e. The van der Waals surface area contributed by atoms with Crippen molar-refractivity contribution in [1.29, 1.82) is 0 Å². The number of hydrogen-bond donors (Lipinski definition) is 1. The van der Waals surface area contributed by atoms with Crippen LogP contribution in [0.1, 0.15) is 5.56 Å². The Labute approximate surface area is 133 Å². The molecule has 1 N–H and O–H groups in total. The van der Waals surface area contributed by atoms with Crippen LogP contribution in [0.3, 0.4) is 0 Å². The van der Waals surface area contributed by atoms with Gasteiger partial charge in [0.1, 0.15) is 4.32 Å². The normalized spacial score (nSPS) is 18.1. The first-order valence-electron chi connectivity index (χ1n) is 6.58. The zero-order chi connectivity index (χ0) is 14.8. The second-order valence-electron chi connectivity index (χ2n) is 4.78. The highest BCUT2D eigenvalue weighted by atomic mass is 32.2. The number of nitrogens with one attached hydrogen (secondary N) is 1. The monoisotopic (exact) mass is 314 g/mol. The quantitative estimate of drug-likeness (QED) is 0.874. The van der Waals surface area contributed by atoms with Gasteiger partial charge < -0.3 is 5.32 Å². The summed E-state index contributed by atoms with van der Waals surface area (Å²) in [5.41, 5.74) is 2.92. The molecule has 0 aromatic heterocycles. The number of carbonyl (C=O) groups is 1. The Morgan fingerprint density at radius 1 is 1.10 bits per heavy atom. The Balaban J connectivity index is 1.79. The van der Waals surface area contributed by atoms with E-state index in [4.69, 9.17) is 12.2 Å². The lowest BCUT2D eigenvalue weighted by Crippen LogP contribution is -2.34. The number of para-hydroxylation sites is 1. The molecule has 1 aliphatic heterocycles. The van der Waals surface area contributed by atoms with Crippen molar-refractivity contribution in [3.63, 3.8) is 0 Å². The molecule has 1 aliphatic rings. The van der Waals surface area contributed by atoms with Crippen LogP contribution >= 0.6 is 24.0 Å². The van der Waals surface area contributed by atoms with Crippen molar-refractivity contribution in [3.8, 4) is 0 Å². The van der Waals surface area contributed by atoms with Gasteiger partial charge in [0.15, 0.2) is 5.37 Å². The zero-order valence-electron chi connectivity index (χ0n) is 11.4. The predicted molar refractivity (Wildman–Crippen MR) is 92.7 cm³/mol. The van der Waals surface area contributed by atoms with Crippen LogP contribution in [0.4, 0.5) is 11.4 Å². The van der Waals surface area contributed by atoms with Crippen molar-refractivity contribution in [2.45, 2.75) is 12.3 Å². The summed E-state index contributed by atoms with van der Waals surface area (Å²) in [6.07, 6.45) is 0. The molecule has 0 unspecified atom stereocenters. The van der Waals surface area contributed by atoms with Crippen molar-refractivity contribution in [2.24, 2.45) is 0 Å². The van der Waals surface area contributed by atoms with Crippen LogP contribution < -0.4 is 10.2 Å². The molecule has 1 atom stereocenters. The Bertz CT molecular complexity index is 670. The number of anilines is 2. The van der Waals surface area contributed by atoms with Crippen LogP contribution in [0, 0.1) is 6.92 Å². The Morgan fingerprint density at radius 3 is 2.43 bits per heavy atom. The first-order valence-corrected chi connectivity index (χ1v) is 7.87. The summed E-state index contributed by atoms with van der Waals surface area (Å²) in [6, 6.07) is 17.5. The third-order valence-corrected chi connectivity index (χ3v) is 4.62. The first-order chi connectivity index (χ1) is 10.1. The van der Waals surface area contributed by atoms with E-state index in [1.807, 2.05) is 61.5 Å². The number of thiocarbonyl (C=S) groups is 1. The molecule has 0 aliphatic carbocycles. The topological polar surface area (TPSA) is 32.3 Å². The lowest BCUT2D eigenvalue weighted by molar-refractivity contribution is -0.116. The first kappa shape index (κ1) is 14.1. The van der Waals surface area contributed by atoms with Crippen LogP contribution in [0.5, 0.6) is 0 Å². The molecule has 0 spiro atoms. The lowest BCUT2D eigenvalue weighted by Gasteiger charge is -2.16. The number of amides is 1. The maximum Gasteiger partial charge on any atom is 0.266 e. The molecule has 1 amide bonds. The van der Waals surface area contributed by atoms with E-state index in [1.165, 1.54) is 17.3 Å². The SMILES string of the molecule is Cc1ccc(N[C@@H]2SC(=S)N(c3ccccc3)C2=O)cc1. The molecule has 3 rings (SSSR count). The lowest BCUT2D eigenvalue weighted by atomic mass is 10.2. The maximum atomic E-state index is 12.5. The molecule has 0 saturated carbocycles. The molecule has 0 radical (unpaired) electrons. The number of carbonyl (C=O) groups excluding carboxylic acids is 1. The van der Waals surface area contributed by atoms with Crippen LogP contribution in [0.25, 0.3) is 0 Å². The highest BCUT2D eigenvalue weighted by molar-refractivity contribution is 8.25. The minimum absolute atomic E-state index is 0.0308. The number of hydrogen-bond acceptors (Lipinski definition) is 4. The van der Waals surface area contributed by atoms with E-state index in [0.717, 1.165) is 11.4 Å². The molecular formula is C16H14N2OS2. The Kier molecular flexibility index (Phi) is 3.94. The van der Waals surface area contributed by atoms with Crippen molar-refractivity contribution < 1.29 is 4.79 Å². The second kappa shape index (κ2) is 5.87. The summed E-state index contributed by atoms with van der Waals surface area (Å²) in [5.74, 6) is -0.0308. The van der Waals surface area contributed by atoms with Gasteiger partial charge in [0.05, 0.1) is 5.69 Å². The summed E-state index contributed by atoms with van der Waals surface area (Å²) in [4.78, 5) is 14.1. The summed E-state index contributed by atoms with van der Waals surface area (Å²) in [6.45, 7) is 2.03. The number of aryl methyl sites for hydroxylation is 1. The zero-order valence-corrected chi connectivity index (χ0v) is 13.1. The van der Waals surface area contributed by atoms with Crippen molar-refractivity contribution >= 4 is 45.6 Å². The van der Waals surface area contributed by atoms with E-state index >= 15 is 0 Å². The maximum absolute atomic E-state index is 12.5. The van der Waals surface area contributed by atoms with Crippen molar-refractivity contribution in [3.05, 3.63) is 60.2 Å². The number of benzene rings is 2. The van der Waals surface area contributed by atoms with E-state index in [2.05, 4.69) is 5.32 Å². The largest absolute Gasteiger partial charge is 0.365 e. The molecule has 1 fully saturated rings. The van der Waals surface area contributed by atoms with Crippen LogP contribution in [0.15, 0.2) is 54.6 Å². The van der Waals surface area contributed by atoms with Crippen LogP contribution in [-0.4, -0.2) is 15.6 Å². The number of rotatable bonds is 3. The molecule has 5 heteroatoms. The van der Waals surface area contributed by atoms with Gasteiger partial charge in [0.25, 0.3) is 5.91 Å². The minimum Gasteiger partial charge on any atom is -0.365 e. The summed E-state index contributed by atoms with van der Waals surface area (Å²) in [7, 11) is 0. The highest BCUT2D eigenvalue weighted by Crippen LogP contribution is 2.32.